The molecule has 0 radical (unpaired) electrons. The number of hydrogen-bond acceptors (Lipinski definition) is 2. The van der Waals surface area contributed by atoms with Crippen LogP contribution in [-0.2, 0) is 6.54 Å². The van der Waals surface area contributed by atoms with Gasteiger partial charge in [-0.3, -0.25) is 0 Å². The predicted octanol–water partition coefficient (Wildman–Crippen LogP) is 3.82. The van der Waals surface area contributed by atoms with Crippen LogP contribution in [0.25, 0.3) is 6.08 Å². The molecule has 0 bridgehead atoms. The van der Waals surface area contributed by atoms with Gasteiger partial charge in [0.2, 0.25) is 0 Å². The Hall–Kier alpha value is -2.46. The van der Waals surface area contributed by atoms with Crippen molar-refractivity contribution in [3.63, 3.8) is 0 Å². The van der Waals surface area contributed by atoms with E-state index in [-0.39, 0.29) is 6.03 Å². The van der Waals surface area contributed by atoms with Crippen molar-refractivity contribution in [2.45, 2.75) is 6.54 Å². The normalized spacial score (nSPS) is 10.5. The Kier molecular flexibility index (Phi) is 5.86. The van der Waals surface area contributed by atoms with Crippen LogP contribution in [0.1, 0.15) is 11.1 Å². The molecule has 0 heterocycles. The number of carbonyl (C=O) groups is 1. The summed E-state index contributed by atoms with van der Waals surface area (Å²) in [7, 11) is 1.61. The summed E-state index contributed by atoms with van der Waals surface area (Å²) in [5.41, 5.74) is 1.81. The van der Waals surface area contributed by atoms with E-state index in [0.29, 0.717) is 11.6 Å². The van der Waals surface area contributed by atoms with Crippen LogP contribution < -0.4 is 15.4 Å². The topological polar surface area (TPSA) is 50.4 Å². The molecular weight excluding hydrogens is 300 g/mol. The number of ether oxygens (including phenoxy) is 1. The number of urea groups is 1. The van der Waals surface area contributed by atoms with E-state index in [9.17, 15) is 4.79 Å². The highest BCUT2D eigenvalue weighted by atomic mass is 35.5. The van der Waals surface area contributed by atoms with Crippen molar-refractivity contribution in [1.29, 1.82) is 0 Å². The second-order valence-corrected chi connectivity index (χ2v) is 4.94. The highest BCUT2D eigenvalue weighted by molar-refractivity contribution is 6.32. The first-order valence-corrected chi connectivity index (χ1v) is 7.15. The fourth-order valence-electron chi connectivity index (χ4n) is 1.83. The smallest absolute Gasteiger partial charge is 0.319 e. The third-order valence-corrected chi connectivity index (χ3v) is 3.31. The highest BCUT2D eigenvalue weighted by Crippen LogP contribution is 2.15. The molecule has 0 saturated heterocycles. The van der Waals surface area contributed by atoms with Gasteiger partial charge >= 0.3 is 6.03 Å². The number of nitrogens with one attached hydrogen (secondary N) is 2. The van der Waals surface area contributed by atoms with E-state index in [0.717, 1.165) is 16.9 Å². The lowest BCUT2D eigenvalue weighted by Gasteiger charge is -2.06. The van der Waals surface area contributed by atoms with Crippen LogP contribution in [0.3, 0.4) is 0 Å². The lowest BCUT2D eigenvalue weighted by atomic mass is 10.2. The zero-order chi connectivity index (χ0) is 15.8. The van der Waals surface area contributed by atoms with Gasteiger partial charge in [0.15, 0.2) is 0 Å². The molecule has 22 heavy (non-hydrogen) atoms. The van der Waals surface area contributed by atoms with Gasteiger partial charge in [0.05, 0.1) is 7.11 Å². The summed E-state index contributed by atoms with van der Waals surface area (Å²) in [5.74, 6) is 0.762. The number of carbonyl (C=O) groups excluding carboxylic acids is 1. The number of amides is 2. The molecule has 2 N–H and O–H groups in total. The number of rotatable bonds is 5. The number of halogens is 1. The third-order valence-electron chi connectivity index (χ3n) is 2.97. The van der Waals surface area contributed by atoms with Crippen LogP contribution in [0.4, 0.5) is 4.79 Å². The van der Waals surface area contributed by atoms with Crippen molar-refractivity contribution < 1.29 is 9.53 Å². The van der Waals surface area contributed by atoms with Crippen molar-refractivity contribution in [1.82, 2.24) is 10.6 Å². The summed E-state index contributed by atoms with van der Waals surface area (Å²) >= 11 is 6.02. The Morgan fingerprint density at radius 3 is 2.82 bits per heavy atom. The molecule has 5 heteroatoms. The standard InChI is InChI=1S/C17H17ClN2O2/c1-22-15-7-4-5-13(11-15)12-20-17(21)19-10-9-14-6-2-3-8-16(14)18/h2-11H,12H2,1H3,(H2,19,20,21)/b10-9+. The highest BCUT2D eigenvalue weighted by Gasteiger charge is 2.00. The number of methoxy groups -OCH3 is 1. The first-order chi connectivity index (χ1) is 10.7. The molecule has 0 atom stereocenters. The minimum absolute atomic E-state index is 0.286. The molecule has 2 rings (SSSR count). The van der Waals surface area contributed by atoms with Gasteiger partial charge in [-0.2, -0.15) is 0 Å². The fourth-order valence-corrected chi connectivity index (χ4v) is 2.03. The predicted molar refractivity (Wildman–Crippen MR) is 88.9 cm³/mol. The van der Waals surface area contributed by atoms with E-state index in [2.05, 4.69) is 10.6 Å². The Morgan fingerprint density at radius 2 is 2.05 bits per heavy atom. The largest absolute Gasteiger partial charge is 0.497 e. The lowest BCUT2D eigenvalue weighted by Crippen LogP contribution is -2.31. The molecule has 114 valence electrons. The van der Waals surface area contributed by atoms with Gasteiger partial charge in [-0.15, -0.1) is 0 Å². The molecule has 4 nitrogen and oxygen atoms in total. The first kappa shape index (κ1) is 15.9. The Bertz CT molecular complexity index is 671. The summed E-state index contributed by atoms with van der Waals surface area (Å²) in [6, 6.07) is 14.6. The zero-order valence-corrected chi connectivity index (χ0v) is 12.9. The van der Waals surface area contributed by atoms with Gasteiger partial charge in [-0.25, -0.2) is 4.79 Å². The van der Waals surface area contributed by atoms with E-state index < -0.39 is 0 Å². The Balaban J connectivity index is 1.82. The minimum Gasteiger partial charge on any atom is -0.497 e. The molecule has 0 fully saturated rings. The van der Waals surface area contributed by atoms with E-state index in [1.165, 1.54) is 0 Å². The third kappa shape index (κ3) is 4.82. The van der Waals surface area contributed by atoms with E-state index in [1.807, 2.05) is 42.5 Å². The van der Waals surface area contributed by atoms with Crippen molar-refractivity contribution in [3.8, 4) is 5.75 Å². The van der Waals surface area contributed by atoms with E-state index in [1.54, 1.807) is 25.5 Å². The molecule has 0 aromatic heterocycles. The lowest BCUT2D eigenvalue weighted by molar-refractivity contribution is 0.244. The molecule has 0 aliphatic carbocycles. The van der Waals surface area contributed by atoms with Crippen molar-refractivity contribution in [2.75, 3.05) is 7.11 Å². The summed E-state index contributed by atoms with van der Waals surface area (Å²) in [5, 5.41) is 6.03. The molecular formula is C17H17ClN2O2. The van der Waals surface area contributed by atoms with Gasteiger partial charge < -0.3 is 15.4 Å². The quantitative estimate of drug-likeness (QED) is 0.881. The van der Waals surface area contributed by atoms with Crippen molar-refractivity contribution in [2.24, 2.45) is 0 Å². The van der Waals surface area contributed by atoms with Crippen molar-refractivity contribution >= 4 is 23.7 Å². The second-order valence-electron chi connectivity index (χ2n) is 4.53. The molecule has 2 aromatic rings. The molecule has 0 aliphatic heterocycles. The number of hydrogen-bond donors (Lipinski definition) is 2. The fraction of sp³-hybridized carbons (Fsp3) is 0.118. The molecule has 0 aliphatic rings. The average molecular weight is 317 g/mol. The maximum atomic E-state index is 11.7. The Morgan fingerprint density at radius 1 is 1.23 bits per heavy atom. The van der Waals surface area contributed by atoms with Gasteiger partial charge in [-0.1, -0.05) is 41.9 Å². The Labute approximate surface area is 134 Å². The van der Waals surface area contributed by atoms with Gasteiger partial charge in [0.25, 0.3) is 0 Å². The summed E-state index contributed by atoms with van der Waals surface area (Å²) in [6.45, 7) is 0.420. The van der Waals surface area contributed by atoms with Crippen LogP contribution in [-0.4, -0.2) is 13.1 Å². The second kappa shape index (κ2) is 8.10. The molecule has 0 unspecified atom stereocenters. The summed E-state index contributed by atoms with van der Waals surface area (Å²) in [6.07, 6.45) is 3.30. The molecule has 0 saturated carbocycles. The van der Waals surface area contributed by atoms with Crippen molar-refractivity contribution in [3.05, 3.63) is 70.9 Å². The maximum absolute atomic E-state index is 11.7. The minimum atomic E-state index is -0.286. The average Bonchev–Trinajstić information content (AvgIpc) is 2.55. The molecule has 2 aromatic carbocycles. The SMILES string of the molecule is COc1cccc(CNC(=O)N/C=C/c2ccccc2Cl)c1. The monoisotopic (exact) mass is 316 g/mol. The first-order valence-electron chi connectivity index (χ1n) is 6.77. The maximum Gasteiger partial charge on any atom is 0.319 e. The van der Waals surface area contributed by atoms with Crippen LogP contribution in [0, 0.1) is 0 Å². The van der Waals surface area contributed by atoms with Gasteiger partial charge in [0, 0.05) is 17.8 Å². The molecule has 2 amide bonds. The van der Waals surface area contributed by atoms with E-state index in [4.69, 9.17) is 16.3 Å². The summed E-state index contributed by atoms with van der Waals surface area (Å²) in [4.78, 5) is 11.7. The van der Waals surface area contributed by atoms with Crippen LogP contribution in [0.15, 0.2) is 54.7 Å². The number of benzene rings is 2. The van der Waals surface area contributed by atoms with Crippen LogP contribution in [0.2, 0.25) is 5.02 Å². The van der Waals surface area contributed by atoms with Gasteiger partial charge in [0.1, 0.15) is 5.75 Å². The van der Waals surface area contributed by atoms with Crippen LogP contribution in [0.5, 0.6) is 5.75 Å². The van der Waals surface area contributed by atoms with Gasteiger partial charge in [-0.05, 0) is 35.4 Å². The molecule has 0 spiro atoms. The van der Waals surface area contributed by atoms with Crippen LogP contribution >= 0.6 is 11.6 Å². The summed E-state index contributed by atoms with van der Waals surface area (Å²) < 4.78 is 5.13. The zero-order valence-electron chi connectivity index (χ0n) is 12.2. The van der Waals surface area contributed by atoms with E-state index >= 15 is 0 Å².